The molecule has 92 valence electrons. The van der Waals surface area contributed by atoms with Gasteiger partial charge < -0.3 is 0 Å². The third kappa shape index (κ3) is 1.53. The van der Waals surface area contributed by atoms with Gasteiger partial charge in [-0.25, -0.2) is 0 Å². The van der Waals surface area contributed by atoms with Gasteiger partial charge in [-0.3, -0.25) is 9.48 Å². The number of rotatable bonds is 0. The van der Waals surface area contributed by atoms with Gasteiger partial charge in [-0.1, -0.05) is 6.92 Å². The first-order chi connectivity index (χ1) is 8.02. The summed E-state index contributed by atoms with van der Waals surface area (Å²) < 4.78 is 3.04. The van der Waals surface area contributed by atoms with Crippen molar-refractivity contribution >= 4 is 21.7 Å². The van der Waals surface area contributed by atoms with Gasteiger partial charge in [0.25, 0.3) is 0 Å². The lowest BCUT2D eigenvalue weighted by molar-refractivity contribution is -0.123. The molecule has 0 bridgehead atoms. The first kappa shape index (κ1) is 11.5. The number of hydrogen-bond acceptors (Lipinski definition) is 2. The lowest BCUT2D eigenvalue weighted by Crippen LogP contribution is -2.42. The van der Waals surface area contributed by atoms with E-state index in [0.29, 0.717) is 11.7 Å². The summed E-state index contributed by atoms with van der Waals surface area (Å²) in [6.45, 7) is 2.29. The van der Waals surface area contributed by atoms with Crippen LogP contribution < -0.4 is 0 Å². The number of carbonyl (C=O) groups is 1. The van der Waals surface area contributed by atoms with Crippen LogP contribution in [0, 0.1) is 5.92 Å². The predicted octanol–water partition coefficient (Wildman–Crippen LogP) is 2.76. The highest BCUT2D eigenvalue weighted by atomic mass is 79.9. The molecule has 2 aliphatic rings. The van der Waals surface area contributed by atoms with E-state index in [2.05, 4.69) is 22.9 Å². The van der Waals surface area contributed by atoms with Crippen molar-refractivity contribution in [2.75, 3.05) is 0 Å². The largest absolute Gasteiger partial charge is 0.300 e. The maximum atomic E-state index is 11.6. The van der Waals surface area contributed by atoms with E-state index in [9.17, 15) is 4.79 Å². The zero-order valence-corrected chi connectivity index (χ0v) is 11.9. The Labute approximate surface area is 110 Å². The Morgan fingerprint density at radius 3 is 3.00 bits per heavy atom. The molecule has 2 unspecified atom stereocenters. The van der Waals surface area contributed by atoms with Crippen molar-refractivity contribution in [1.82, 2.24) is 9.78 Å². The molecule has 0 aliphatic heterocycles. The van der Waals surface area contributed by atoms with Crippen LogP contribution in [0.4, 0.5) is 0 Å². The summed E-state index contributed by atoms with van der Waals surface area (Å²) in [5.74, 6) is 0.934. The Balaban J connectivity index is 2.10. The quantitative estimate of drug-likeness (QED) is 0.738. The van der Waals surface area contributed by atoms with Gasteiger partial charge in [0.15, 0.2) is 0 Å². The topological polar surface area (TPSA) is 34.9 Å². The summed E-state index contributed by atoms with van der Waals surface area (Å²) in [6, 6.07) is 0. The molecule has 17 heavy (non-hydrogen) atoms. The zero-order valence-electron chi connectivity index (χ0n) is 10.3. The van der Waals surface area contributed by atoms with E-state index >= 15 is 0 Å². The molecule has 1 aromatic rings. The lowest BCUT2D eigenvalue weighted by atomic mass is 9.60. The Kier molecular flexibility index (Phi) is 2.47. The molecule has 0 radical (unpaired) electrons. The highest BCUT2D eigenvalue weighted by molar-refractivity contribution is 9.10. The minimum Gasteiger partial charge on any atom is -0.300 e. The number of halogens is 1. The Hall–Kier alpha value is -0.640. The molecule has 0 spiro atoms. The summed E-state index contributed by atoms with van der Waals surface area (Å²) in [6.07, 6.45) is 4.62. The summed E-state index contributed by atoms with van der Waals surface area (Å²) in [5.41, 5.74) is 2.71. The van der Waals surface area contributed by atoms with Gasteiger partial charge in [-0.05, 0) is 41.1 Å². The molecular weight excluding hydrogens is 280 g/mol. The van der Waals surface area contributed by atoms with Crippen molar-refractivity contribution in [2.45, 2.75) is 44.4 Å². The predicted molar refractivity (Wildman–Crippen MR) is 68.9 cm³/mol. The van der Waals surface area contributed by atoms with Crippen LogP contribution in [0.1, 0.15) is 43.9 Å². The standard InChI is InChI=1S/C13H17BrN2O/c1-13-6-5-9(17)7-8(13)3-4-10-11(13)15-16(2)12(10)14/h8H,3-7H2,1-2H3. The fourth-order valence-electron chi connectivity index (χ4n) is 3.48. The second-order valence-corrected chi connectivity index (χ2v) is 6.39. The first-order valence-electron chi connectivity index (χ1n) is 6.26. The van der Waals surface area contributed by atoms with E-state index in [-0.39, 0.29) is 5.41 Å². The number of ketones is 1. The second-order valence-electron chi connectivity index (χ2n) is 5.64. The summed E-state index contributed by atoms with van der Waals surface area (Å²) in [7, 11) is 1.98. The number of Topliss-reactive ketones (excluding diaryl/α,β-unsaturated/α-hetero) is 1. The number of fused-ring (bicyclic) bond motifs is 3. The van der Waals surface area contributed by atoms with E-state index < -0.39 is 0 Å². The van der Waals surface area contributed by atoms with Gasteiger partial charge in [0.05, 0.1) is 5.69 Å². The third-order valence-corrected chi connectivity index (χ3v) is 5.64. The first-order valence-corrected chi connectivity index (χ1v) is 7.05. The number of aryl methyl sites for hydroxylation is 1. The minimum absolute atomic E-state index is 0.116. The van der Waals surface area contributed by atoms with E-state index in [4.69, 9.17) is 5.10 Å². The maximum absolute atomic E-state index is 11.6. The molecule has 2 atom stereocenters. The Morgan fingerprint density at radius 2 is 2.24 bits per heavy atom. The Morgan fingerprint density at radius 1 is 1.47 bits per heavy atom. The normalized spacial score (nSPS) is 32.2. The van der Waals surface area contributed by atoms with Crippen LogP contribution in [0.2, 0.25) is 0 Å². The molecule has 1 fully saturated rings. The lowest BCUT2D eigenvalue weighted by Gasteiger charge is -2.43. The summed E-state index contributed by atoms with van der Waals surface area (Å²) in [5, 5.41) is 4.69. The molecule has 2 aliphatic carbocycles. The fraction of sp³-hybridized carbons (Fsp3) is 0.692. The molecule has 1 aromatic heterocycles. The third-order valence-electron chi connectivity index (χ3n) is 4.65. The van der Waals surface area contributed by atoms with Crippen molar-refractivity contribution in [3.8, 4) is 0 Å². The molecule has 3 rings (SSSR count). The van der Waals surface area contributed by atoms with Crippen LogP contribution in [0.15, 0.2) is 4.60 Å². The van der Waals surface area contributed by atoms with Crippen LogP contribution in [0.3, 0.4) is 0 Å². The maximum Gasteiger partial charge on any atom is 0.133 e. The van der Waals surface area contributed by atoms with E-state index in [1.54, 1.807) is 0 Å². The van der Waals surface area contributed by atoms with Crippen molar-refractivity contribution in [1.29, 1.82) is 0 Å². The molecule has 1 saturated carbocycles. The van der Waals surface area contributed by atoms with Crippen LogP contribution >= 0.6 is 15.9 Å². The highest BCUT2D eigenvalue weighted by Gasteiger charge is 2.46. The highest BCUT2D eigenvalue weighted by Crippen LogP contribution is 2.49. The van der Waals surface area contributed by atoms with E-state index in [1.807, 2.05) is 11.7 Å². The van der Waals surface area contributed by atoms with Crippen molar-refractivity contribution in [3.63, 3.8) is 0 Å². The number of nitrogens with zero attached hydrogens (tertiary/aromatic N) is 2. The fourth-order valence-corrected chi connectivity index (χ4v) is 3.95. The molecule has 1 heterocycles. The molecular formula is C13H17BrN2O. The number of carbonyl (C=O) groups excluding carboxylic acids is 1. The zero-order chi connectivity index (χ0) is 12.2. The van der Waals surface area contributed by atoms with Crippen molar-refractivity contribution in [2.24, 2.45) is 13.0 Å². The molecule has 0 amide bonds. The average molecular weight is 297 g/mol. The monoisotopic (exact) mass is 296 g/mol. The molecule has 4 heteroatoms. The van der Waals surface area contributed by atoms with Crippen molar-refractivity contribution in [3.05, 3.63) is 15.9 Å². The Bertz CT molecular complexity index is 494. The van der Waals surface area contributed by atoms with Crippen LogP contribution in [0.25, 0.3) is 0 Å². The molecule has 0 N–H and O–H groups in total. The second kappa shape index (κ2) is 3.67. The SMILES string of the molecule is Cn1nc2c(c1Br)CCC1CC(=O)CCC21C. The summed E-state index contributed by atoms with van der Waals surface area (Å²) >= 11 is 3.62. The van der Waals surface area contributed by atoms with Gasteiger partial charge in [-0.15, -0.1) is 0 Å². The average Bonchev–Trinajstić information content (AvgIpc) is 2.58. The summed E-state index contributed by atoms with van der Waals surface area (Å²) in [4.78, 5) is 11.6. The van der Waals surface area contributed by atoms with E-state index in [1.165, 1.54) is 11.3 Å². The molecule has 0 aromatic carbocycles. The van der Waals surface area contributed by atoms with Gasteiger partial charge >= 0.3 is 0 Å². The van der Waals surface area contributed by atoms with Gasteiger partial charge in [0, 0.05) is 30.9 Å². The minimum atomic E-state index is 0.116. The van der Waals surface area contributed by atoms with Crippen LogP contribution in [0.5, 0.6) is 0 Å². The number of hydrogen-bond donors (Lipinski definition) is 0. The molecule has 3 nitrogen and oxygen atoms in total. The van der Waals surface area contributed by atoms with Crippen molar-refractivity contribution < 1.29 is 4.79 Å². The van der Waals surface area contributed by atoms with Gasteiger partial charge in [0.2, 0.25) is 0 Å². The van der Waals surface area contributed by atoms with Crippen LogP contribution in [-0.4, -0.2) is 15.6 Å². The van der Waals surface area contributed by atoms with Gasteiger partial charge in [-0.2, -0.15) is 5.10 Å². The molecule has 0 saturated heterocycles. The van der Waals surface area contributed by atoms with Gasteiger partial charge in [0.1, 0.15) is 10.4 Å². The van der Waals surface area contributed by atoms with E-state index in [0.717, 1.165) is 36.7 Å². The van der Waals surface area contributed by atoms with Crippen LogP contribution in [-0.2, 0) is 23.7 Å². The smallest absolute Gasteiger partial charge is 0.133 e. The number of aromatic nitrogens is 2.